The minimum absolute atomic E-state index is 0.256. The van der Waals surface area contributed by atoms with Crippen LogP contribution in [0.15, 0.2) is 60.9 Å². The summed E-state index contributed by atoms with van der Waals surface area (Å²) in [4.78, 5) is 15.1. The van der Waals surface area contributed by atoms with E-state index in [0.717, 1.165) is 23.0 Å². The highest BCUT2D eigenvalue weighted by molar-refractivity contribution is 5.44. The van der Waals surface area contributed by atoms with Gasteiger partial charge < -0.3 is 9.97 Å². The van der Waals surface area contributed by atoms with Crippen LogP contribution in [0.1, 0.15) is 28.1 Å². The van der Waals surface area contributed by atoms with Gasteiger partial charge in [0.15, 0.2) is 11.6 Å². The largest absolute Gasteiger partial charge is 0.416 e. The molecule has 0 bridgehead atoms. The summed E-state index contributed by atoms with van der Waals surface area (Å²) in [5, 5.41) is 0. The third-order valence-corrected chi connectivity index (χ3v) is 4.97. The number of nitrogens with zero attached hydrogens (tertiary/aromatic N) is 2. The van der Waals surface area contributed by atoms with Crippen molar-refractivity contribution in [3.05, 3.63) is 94.8 Å². The van der Waals surface area contributed by atoms with Crippen LogP contribution >= 0.6 is 0 Å². The lowest BCUT2D eigenvalue weighted by Gasteiger charge is -2.08. The fourth-order valence-electron chi connectivity index (χ4n) is 3.36. The van der Waals surface area contributed by atoms with Gasteiger partial charge >= 0.3 is 6.18 Å². The average molecular weight is 428 g/mol. The molecule has 0 saturated carbocycles. The number of hydrogen-bond donors (Lipinski definition) is 2. The molecule has 0 aliphatic carbocycles. The molecule has 0 unspecified atom stereocenters. The first kappa shape index (κ1) is 20.8. The minimum atomic E-state index is -4.35. The van der Waals surface area contributed by atoms with Gasteiger partial charge in [-0.1, -0.05) is 30.3 Å². The van der Waals surface area contributed by atoms with E-state index in [1.807, 2.05) is 6.07 Å². The normalized spacial score (nSPS) is 11.7. The van der Waals surface area contributed by atoms with Crippen LogP contribution in [0.5, 0.6) is 0 Å². The Morgan fingerprint density at radius 1 is 0.710 bits per heavy atom. The van der Waals surface area contributed by atoms with Gasteiger partial charge in [0.2, 0.25) is 0 Å². The summed E-state index contributed by atoms with van der Waals surface area (Å²) in [6.07, 6.45) is 1.46. The van der Waals surface area contributed by atoms with Crippen molar-refractivity contribution in [3.63, 3.8) is 0 Å². The summed E-state index contributed by atoms with van der Waals surface area (Å²) in [6.45, 7) is 0. The molecule has 8 heteroatoms. The smallest absolute Gasteiger partial charge is 0.342 e. The number of imidazole rings is 2. The van der Waals surface area contributed by atoms with Crippen LogP contribution in [-0.4, -0.2) is 19.9 Å². The second-order valence-electron chi connectivity index (χ2n) is 7.31. The molecule has 0 saturated heterocycles. The number of halogens is 4. The van der Waals surface area contributed by atoms with E-state index in [-0.39, 0.29) is 5.82 Å². The van der Waals surface area contributed by atoms with Gasteiger partial charge in [-0.05, 0) is 55.0 Å². The number of aryl methyl sites for hydroxylation is 4. The van der Waals surface area contributed by atoms with E-state index in [2.05, 4.69) is 19.9 Å². The van der Waals surface area contributed by atoms with Crippen LogP contribution in [0.3, 0.4) is 0 Å². The zero-order valence-corrected chi connectivity index (χ0v) is 16.5. The van der Waals surface area contributed by atoms with Crippen LogP contribution in [0.25, 0.3) is 11.6 Å². The molecular weight excluding hydrogens is 408 g/mol. The quantitative estimate of drug-likeness (QED) is 0.381. The number of H-pyrrole nitrogens is 2. The monoisotopic (exact) mass is 428 g/mol. The van der Waals surface area contributed by atoms with Crippen molar-refractivity contribution in [2.75, 3.05) is 0 Å². The lowest BCUT2D eigenvalue weighted by Crippen LogP contribution is -2.05. The van der Waals surface area contributed by atoms with Gasteiger partial charge in [0.05, 0.1) is 17.0 Å². The molecule has 160 valence electrons. The molecule has 2 aromatic carbocycles. The summed E-state index contributed by atoms with van der Waals surface area (Å²) >= 11 is 0. The van der Waals surface area contributed by atoms with E-state index >= 15 is 0 Å². The van der Waals surface area contributed by atoms with Gasteiger partial charge in [-0.15, -0.1) is 0 Å². The van der Waals surface area contributed by atoms with Gasteiger partial charge in [0.25, 0.3) is 0 Å². The topological polar surface area (TPSA) is 57.4 Å². The number of aromatic nitrogens is 4. The Morgan fingerprint density at radius 3 is 1.81 bits per heavy atom. The second kappa shape index (κ2) is 8.75. The molecule has 31 heavy (non-hydrogen) atoms. The van der Waals surface area contributed by atoms with Gasteiger partial charge in [-0.3, -0.25) is 0 Å². The zero-order valence-electron chi connectivity index (χ0n) is 16.5. The van der Waals surface area contributed by atoms with Crippen molar-refractivity contribution >= 4 is 0 Å². The predicted octanol–water partition coefficient (Wildman–Crippen LogP) is 5.53. The number of nitrogens with one attached hydrogen (secondary N) is 2. The minimum Gasteiger partial charge on any atom is -0.342 e. The van der Waals surface area contributed by atoms with E-state index < -0.39 is 11.7 Å². The molecule has 0 amide bonds. The number of hydrogen-bond acceptors (Lipinski definition) is 2. The van der Waals surface area contributed by atoms with Gasteiger partial charge in [0, 0.05) is 12.4 Å². The second-order valence-corrected chi connectivity index (χ2v) is 7.31. The Morgan fingerprint density at radius 2 is 1.26 bits per heavy atom. The van der Waals surface area contributed by atoms with Crippen LogP contribution in [0.4, 0.5) is 17.6 Å². The maximum absolute atomic E-state index is 13.3. The predicted molar refractivity (Wildman–Crippen MR) is 109 cm³/mol. The molecule has 0 spiro atoms. The zero-order chi connectivity index (χ0) is 21.8. The Balaban J connectivity index is 1.36. The maximum Gasteiger partial charge on any atom is 0.416 e. The summed E-state index contributed by atoms with van der Waals surface area (Å²) < 4.78 is 51.8. The third-order valence-electron chi connectivity index (χ3n) is 4.97. The maximum atomic E-state index is 13.3. The van der Waals surface area contributed by atoms with Crippen LogP contribution < -0.4 is 0 Å². The van der Waals surface area contributed by atoms with Gasteiger partial charge in [-0.2, -0.15) is 13.2 Å². The van der Waals surface area contributed by atoms with E-state index in [4.69, 9.17) is 0 Å². The SMILES string of the molecule is Fc1cccc(CCc2c[nH]c(-c3nc(CCc4cccc(C(F)(F)F)c4)c[nH]3)n2)c1. The summed E-state index contributed by atoms with van der Waals surface area (Å²) in [5.41, 5.74) is 2.44. The molecule has 4 rings (SSSR count). The highest BCUT2D eigenvalue weighted by Gasteiger charge is 2.30. The van der Waals surface area contributed by atoms with Crippen molar-refractivity contribution < 1.29 is 17.6 Å². The lowest BCUT2D eigenvalue weighted by molar-refractivity contribution is -0.137. The summed E-state index contributed by atoms with van der Waals surface area (Å²) in [7, 11) is 0. The van der Waals surface area contributed by atoms with Gasteiger partial charge in [-0.25, -0.2) is 14.4 Å². The molecule has 2 N–H and O–H groups in total. The van der Waals surface area contributed by atoms with Crippen molar-refractivity contribution in [1.29, 1.82) is 0 Å². The molecule has 0 fully saturated rings. The number of aromatic amines is 2. The van der Waals surface area contributed by atoms with Crippen molar-refractivity contribution in [2.24, 2.45) is 0 Å². The van der Waals surface area contributed by atoms with E-state index in [9.17, 15) is 17.6 Å². The van der Waals surface area contributed by atoms with Crippen molar-refractivity contribution in [1.82, 2.24) is 19.9 Å². The molecule has 0 radical (unpaired) electrons. The van der Waals surface area contributed by atoms with Crippen LogP contribution in [-0.2, 0) is 31.9 Å². The molecule has 2 aromatic heterocycles. The Hall–Kier alpha value is -3.42. The lowest BCUT2D eigenvalue weighted by atomic mass is 10.1. The molecule has 0 aliphatic rings. The van der Waals surface area contributed by atoms with Crippen molar-refractivity contribution in [2.45, 2.75) is 31.9 Å². The average Bonchev–Trinajstić information content (AvgIpc) is 3.40. The first-order valence-electron chi connectivity index (χ1n) is 9.86. The van der Waals surface area contributed by atoms with E-state index in [1.165, 1.54) is 24.3 Å². The standard InChI is InChI=1S/C23H20F4N4/c24-18-6-2-4-16(12-18)8-10-20-14-29-22(31-20)21-28-13-19(30-21)9-7-15-3-1-5-17(11-15)23(25,26)27/h1-6,11-14H,7-10H2,(H,28,30)(H,29,31). The molecule has 0 aliphatic heterocycles. The first-order chi connectivity index (χ1) is 14.9. The Labute approximate surface area is 176 Å². The van der Waals surface area contributed by atoms with E-state index in [0.29, 0.717) is 42.9 Å². The van der Waals surface area contributed by atoms with Crippen LogP contribution in [0, 0.1) is 5.82 Å². The fraction of sp³-hybridized carbons (Fsp3) is 0.217. The van der Waals surface area contributed by atoms with Crippen LogP contribution in [0.2, 0.25) is 0 Å². The number of alkyl halides is 3. The Bertz CT molecular complexity index is 1160. The summed E-state index contributed by atoms with van der Waals surface area (Å²) in [6, 6.07) is 11.8. The molecule has 2 heterocycles. The highest BCUT2D eigenvalue weighted by atomic mass is 19.4. The summed E-state index contributed by atoms with van der Waals surface area (Å²) in [5.74, 6) is 0.893. The molecule has 0 atom stereocenters. The van der Waals surface area contributed by atoms with E-state index in [1.54, 1.807) is 24.5 Å². The number of benzene rings is 2. The van der Waals surface area contributed by atoms with Gasteiger partial charge in [0.1, 0.15) is 5.82 Å². The molecular formula is C23H20F4N4. The number of rotatable bonds is 7. The molecule has 4 nitrogen and oxygen atoms in total. The Kier molecular flexibility index (Phi) is 5.88. The van der Waals surface area contributed by atoms with Crippen molar-refractivity contribution in [3.8, 4) is 11.6 Å². The fourth-order valence-corrected chi connectivity index (χ4v) is 3.36. The third kappa shape index (κ3) is 5.39. The highest BCUT2D eigenvalue weighted by Crippen LogP contribution is 2.29. The first-order valence-corrected chi connectivity index (χ1v) is 9.86. The molecule has 4 aromatic rings.